The zero-order valence-corrected chi connectivity index (χ0v) is 18.2. The SMILES string of the molecule is Cc1nn(CC(C)C)c(C)c1CCC(=O)N1C[C@@H](N)[C@H](c2ccccc2)C1.Cl. The maximum absolute atomic E-state index is 12.8. The standard InChI is InChI=1S/C22H32N4O.ClH/c1-15(2)12-26-17(4)19(16(3)24-26)10-11-22(27)25-13-20(21(23)14-25)18-8-6-5-7-9-18;/h5-9,15,20-21H,10-14,23H2,1-4H3;1H/t20-,21+;/m0./s1. The number of aromatic nitrogens is 2. The first-order chi connectivity index (χ1) is 12.9. The Balaban J connectivity index is 0.00000280. The first-order valence-electron chi connectivity index (χ1n) is 9.98. The second-order valence-electron chi connectivity index (χ2n) is 8.21. The fourth-order valence-electron chi connectivity index (χ4n) is 4.10. The Labute approximate surface area is 174 Å². The molecule has 1 aliphatic rings. The van der Waals surface area contributed by atoms with E-state index in [2.05, 4.69) is 42.7 Å². The number of likely N-dealkylation sites (tertiary alicyclic amines) is 1. The van der Waals surface area contributed by atoms with Crippen molar-refractivity contribution in [2.24, 2.45) is 11.7 Å². The Hall–Kier alpha value is -1.85. The maximum Gasteiger partial charge on any atom is 0.222 e. The van der Waals surface area contributed by atoms with Gasteiger partial charge in [-0.25, -0.2) is 0 Å². The molecule has 0 radical (unpaired) electrons. The van der Waals surface area contributed by atoms with Gasteiger partial charge in [0.1, 0.15) is 0 Å². The summed E-state index contributed by atoms with van der Waals surface area (Å²) in [4.78, 5) is 14.7. The van der Waals surface area contributed by atoms with Crippen LogP contribution in [0.1, 0.15) is 48.7 Å². The third-order valence-electron chi connectivity index (χ3n) is 5.60. The number of amides is 1. The molecule has 0 unspecified atom stereocenters. The van der Waals surface area contributed by atoms with E-state index in [4.69, 9.17) is 5.73 Å². The quantitative estimate of drug-likeness (QED) is 0.801. The lowest BCUT2D eigenvalue weighted by atomic mass is 9.95. The Bertz CT molecular complexity index is 787. The lowest BCUT2D eigenvalue weighted by Gasteiger charge is -2.16. The van der Waals surface area contributed by atoms with Gasteiger partial charge < -0.3 is 10.6 Å². The second-order valence-corrected chi connectivity index (χ2v) is 8.21. The molecule has 28 heavy (non-hydrogen) atoms. The van der Waals surface area contributed by atoms with Crippen LogP contribution in [-0.4, -0.2) is 39.7 Å². The maximum atomic E-state index is 12.8. The lowest BCUT2D eigenvalue weighted by Crippen LogP contribution is -2.32. The molecule has 1 aliphatic heterocycles. The minimum Gasteiger partial charge on any atom is -0.340 e. The molecule has 2 aromatic rings. The predicted molar refractivity (Wildman–Crippen MR) is 116 cm³/mol. The van der Waals surface area contributed by atoms with E-state index in [-0.39, 0.29) is 30.3 Å². The molecule has 2 heterocycles. The second kappa shape index (κ2) is 9.57. The Morgan fingerprint density at radius 3 is 2.54 bits per heavy atom. The van der Waals surface area contributed by atoms with Gasteiger partial charge in [0.2, 0.25) is 5.91 Å². The molecule has 1 aromatic carbocycles. The van der Waals surface area contributed by atoms with Crippen LogP contribution in [0.4, 0.5) is 0 Å². The molecule has 3 rings (SSSR count). The molecule has 6 heteroatoms. The highest BCUT2D eigenvalue weighted by molar-refractivity contribution is 5.85. The summed E-state index contributed by atoms with van der Waals surface area (Å²) in [5.74, 6) is 0.977. The molecular formula is C22H33ClN4O. The predicted octanol–water partition coefficient (Wildman–Crippen LogP) is 3.46. The number of benzene rings is 1. The molecule has 154 valence electrons. The van der Waals surface area contributed by atoms with Gasteiger partial charge >= 0.3 is 0 Å². The fraction of sp³-hybridized carbons (Fsp3) is 0.545. The van der Waals surface area contributed by atoms with Gasteiger partial charge in [0.05, 0.1) is 5.69 Å². The van der Waals surface area contributed by atoms with Gasteiger partial charge in [0.15, 0.2) is 0 Å². The fourth-order valence-corrected chi connectivity index (χ4v) is 4.10. The molecule has 1 fully saturated rings. The Morgan fingerprint density at radius 2 is 1.89 bits per heavy atom. The smallest absolute Gasteiger partial charge is 0.222 e. The van der Waals surface area contributed by atoms with Gasteiger partial charge in [0.25, 0.3) is 0 Å². The van der Waals surface area contributed by atoms with Crippen LogP contribution in [0.25, 0.3) is 0 Å². The summed E-state index contributed by atoms with van der Waals surface area (Å²) >= 11 is 0. The van der Waals surface area contributed by atoms with Gasteiger partial charge in [0, 0.05) is 43.7 Å². The molecule has 1 amide bonds. The van der Waals surface area contributed by atoms with E-state index >= 15 is 0 Å². The largest absolute Gasteiger partial charge is 0.340 e. The third-order valence-corrected chi connectivity index (χ3v) is 5.60. The number of nitrogens with two attached hydrogens (primary N) is 1. The number of hydrogen-bond donors (Lipinski definition) is 1. The number of carbonyl (C=O) groups excluding carboxylic acids is 1. The van der Waals surface area contributed by atoms with Crippen molar-refractivity contribution < 1.29 is 4.79 Å². The van der Waals surface area contributed by atoms with E-state index in [0.717, 1.165) is 18.7 Å². The highest BCUT2D eigenvalue weighted by atomic mass is 35.5. The Morgan fingerprint density at radius 1 is 1.21 bits per heavy atom. The minimum atomic E-state index is 0. The molecule has 5 nitrogen and oxygen atoms in total. The summed E-state index contributed by atoms with van der Waals surface area (Å²) in [5.41, 5.74) is 11.0. The summed E-state index contributed by atoms with van der Waals surface area (Å²) in [6.07, 6.45) is 1.26. The molecule has 1 aromatic heterocycles. The topological polar surface area (TPSA) is 64.2 Å². The van der Waals surface area contributed by atoms with E-state index in [9.17, 15) is 4.79 Å². The monoisotopic (exact) mass is 404 g/mol. The molecule has 1 saturated heterocycles. The normalized spacial score (nSPS) is 19.1. The summed E-state index contributed by atoms with van der Waals surface area (Å²) in [6.45, 7) is 10.8. The summed E-state index contributed by atoms with van der Waals surface area (Å²) in [7, 11) is 0. The van der Waals surface area contributed by atoms with Gasteiger partial charge in [-0.3, -0.25) is 9.48 Å². The van der Waals surface area contributed by atoms with Crippen molar-refractivity contribution in [1.82, 2.24) is 14.7 Å². The van der Waals surface area contributed by atoms with Crippen LogP contribution in [0.15, 0.2) is 30.3 Å². The molecule has 2 atom stereocenters. The van der Waals surface area contributed by atoms with Gasteiger partial charge in [-0.05, 0) is 37.3 Å². The highest BCUT2D eigenvalue weighted by Crippen LogP contribution is 2.27. The molecule has 0 aliphatic carbocycles. The van der Waals surface area contributed by atoms with E-state index in [1.54, 1.807) is 0 Å². The van der Waals surface area contributed by atoms with E-state index in [0.29, 0.717) is 25.4 Å². The number of hydrogen-bond acceptors (Lipinski definition) is 3. The highest BCUT2D eigenvalue weighted by Gasteiger charge is 2.33. The van der Waals surface area contributed by atoms with Gasteiger partial charge in [-0.15, -0.1) is 12.4 Å². The van der Waals surface area contributed by atoms with Crippen molar-refractivity contribution in [3.8, 4) is 0 Å². The lowest BCUT2D eigenvalue weighted by molar-refractivity contribution is -0.130. The first-order valence-corrected chi connectivity index (χ1v) is 9.98. The van der Waals surface area contributed by atoms with Gasteiger partial charge in [-0.2, -0.15) is 5.10 Å². The summed E-state index contributed by atoms with van der Waals surface area (Å²) in [6, 6.07) is 10.3. The summed E-state index contributed by atoms with van der Waals surface area (Å²) in [5, 5.41) is 4.66. The van der Waals surface area contributed by atoms with Crippen molar-refractivity contribution in [3.05, 3.63) is 52.8 Å². The van der Waals surface area contributed by atoms with Crippen molar-refractivity contribution in [1.29, 1.82) is 0 Å². The van der Waals surface area contributed by atoms with Crippen LogP contribution in [0.5, 0.6) is 0 Å². The van der Waals surface area contributed by atoms with E-state index in [1.807, 2.05) is 30.0 Å². The number of halogens is 1. The van der Waals surface area contributed by atoms with E-state index < -0.39 is 0 Å². The zero-order chi connectivity index (χ0) is 19.6. The number of rotatable bonds is 6. The van der Waals surface area contributed by atoms with Crippen LogP contribution in [0.2, 0.25) is 0 Å². The van der Waals surface area contributed by atoms with Crippen molar-refractivity contribution in [3.63, 3.8) is 0 Å². The number of nitrogens with zero attached hydrogens (tertiary/aromatic N) is 3. The Kier molecular flexibility index (Phi) is 7.67. The van der Waals surface area contributed by atoms with Crippen LogP contribution in [0, 0.1) is 19.8 Å². The average molecular weight is 405 g/mol. The zero-order valence-electron chi connectivity index (χ0n) is 17.4. The molecular weight excluding hydrogens is 372 g/mol. The van der Waals surface area contributed by atoms with Crippen LogP contribution in [-0.2, 0) is 17.8 Å². The van der Waals surface area contributed by atoms with Crippen molar-refractivity contribution in [2.75, 3.05) is 13.1 Å². The first kappa shape index (κ1) is 22.4. The van der Waals surface area contributed by atoms with Crippen LogP contribution >= 0.6 is 12.4 Å². The van der Waals surface area contributed by atoms with Crippen LogP contribution in [0.3, 0.4) is 0 Å². The average Bonchev–Trinajstić information content (AvgIpc) is 3.14. The van der Waals surface area contributed by atoms with Crippen molar-refractivity contribution in [2.45, 2.75) is 59.0 Å². The molecule has 0 saturated carbocycles. The van der Waals surface area contributed by atoms with Gasteiger partial charge in [-0.1, -0.05) is 44.2 Å². The third kappa shape index (κ3) is 4.95. The number of aryl methyl sites for hydroxylation is 1. The molecule has 0 spiro atoms. The summed E-state index contributed by atoms with van der Waals surface area (Å²) < 4.78 is 2.08. The molecule has 0 bridgehead atoms. The van der Waals surface area contributed by atoms with Crippen LogP contribution < -0.4 is 5.73 Å². The minimum absolute atomic E-state index is 0. The van der Waals surface area contributed by atoms with Crippen molar-refractivity contribution >= 4 is 18.3 Å². The molecule has 2 N–H and O–H groups in total. The number of carbonyl (C=O) groups is 1. The van der Waals surface area contributed by atoms with E-state index in [1.165, 1.54) is 16.8 Å².